The average molecular weight is 531 g/mol. The Balaban J connectivity index is 1.33. The van der Waals surface area contributed by atoms with Crippen molar-refractivity contribution in [2.45, 2.75) is 32.1 Å². The molecule has 1 atom stereocenters. The van der Waals surface area contributed by atoms with Crippen molar-refractivity contribution in [1.82, 2.24) is 9.80 Å². The number of hydrogen-bond acceptors (Lipinski definition) is 5. The van der Waals surface area contributed by atoms with E-state index in [0.29, 0.717) is 42.3 Å². The Hall–Kier alpha value is -3.65. The van der Waals surface area contributed by atoms with Crippen LogP contribution in [-0.4, -0.2) is 66.8 Å². The lowest BCUT2D eigenvalue weighted by atomic mass is 9.94. The molecule has 7 nitrogen and oxygen atoms in total. The van der Waals surface area contributed by atoms with E-state index >= 15 is 0 Å². The average Bonchev–Trinajstić information content (AvgIpc) is 3.69. The number of carbonyl (C=O) groups is 3. The second-order valence-electron chi connectivity index (χ2n) is 9.85. The van der Waals surface area contributed by atoms with Gasteiger partial charge in [0.1, 0.15) is 0 Å². The van der Waals surface area contributed by atoms with Gasteiger partial charge in [0.2, 0.25) is 5.91 Å². The van der Waals surface area contributed by atoms with Gasteiger partial charge in [0.05, 0.1) is 16.4 Å². The first-order valence-corrected chi connectivity index (χ1v) is 14.3. The van der Waals surface area contributed by atoms with Crippen LogP contribution in [0.5, 0.6) is 0 Å². The van der Waals surface area contributed by atoms with Gasteiger partial charge in [-0.25, -0.2) is 0 Å². The fourth-order valence-corrected chi connectivity index (χ4v) is 6.00. The van der Waals surface area contributed by atoms with Crippen LogP contribution in [0.2, 0.25) is 0 Å². The van der Waals surface area contributed by atoms with E-state index < -0.39 is 0 Å². The molecule has 8 heteroatoms. The lowest BCUT2D eigenvalue weighted by molar-refractivity contribution is -0.133. The monoisotopic (exact) mass is 530 g/mol. The molecule has 198 valence electrons. The van der Waals surface area contributed by atoms with Gasteiger partial charge in [0.25, 0.3) is 11.8 Å². The van der Waals surface area contributed by atoms with Crippen LogP contribution >= 0.6 is 11.3 Å². The topological polar surface area (TPSA) is 73.0 Å². The molecule has 0 aliphatic carbocycles. The Morgan fingerprint density at radius 2 is 1.61 bits per heavy atom. The Morgan fingerprint density at radius 1 is 0.868 bits per heavy atom. The molecular weight excluding hydrogens is 496 g/mol. The maximum atomic E-state index is 13.6. The van der Waals surface area contributed by atoms with Gasteiger partial charge >= 0.3 is 0 Å². The van der Waals surface area contributed by atoms with Gasteiger partial charge in [-0.1, -0.05) is 43.3 Å². The number of likely N-dealkylation sites (tertiary alicyclic amines) is 1. The minimum atomic E-state index is -0.177. The Kier molecular flexibility index (Phi) is 8.08. The first-order chi connectivity index (χ1) is 18.5. The molecule has 3 amide bonds. The molecule has 2 aromatic carbocycles. The number of hydrogen-bond donors (Lipinski definition) is 1. The van der Waals surface area contributed by atoms with Crippen LogP contribution in [0.1, 0.15) is 57.7 Å². The third kappa shape index (κ3) is 5.60. The number of piperazine rings is 1. The van der Waals surface area contributed by atoms with Crippen molar-refractivity contribution in [3.63, 3.8) is 0 Å². The van der Waals surface area contributed by atoms with Crippen molar-refractivity contribution in [1.29, 1.82) is 0 Å². The number of amides is 3. The second-order valence-corrected chi connectivity index (χ2v) is 10.8. The number of thiophene rings is 1. The van der Waals surface area contributed by atoms with E-state index in [4.69, 9.17) is 0 Å². The summed E-state index contributed by atoms with van der Waals surface area (Å²) in [6.07, 6.45) is 2.78. The highest BCUT2D eigenvalue weighted by Crippen LogP contribution is 2.30. The zero-order valence-corrected chi connectivity index (χ0v) is 22.6. The first kappa shape index (κ1) is 26.0. The molecule has 3 aromatic rings. The van der Waals surface area contributed by atoms with Crippen molar-refractivity contribution in [3.05, 3.63) is 82.0 Å². The summed E-state index contributed by atoms with van der Waals surface area (Å²) >= 11 is 1.38. The van der Waals surface area contributed by atoms with E-state index in [1.807, 2.05) is 69.8 Å². The minimum absolute atomic E-state index is 0.00152. The maximum absolute atomic E-state index is 13.6. The van der Waals surface area contributed by atoms with Gasteiger partial charge in [0, 0.05) is 50.6 Å². The predicted octanol–water partition coefficient (Wildman–Crippen LogP) is 5.08. The lowest BCUT2D eigenvalue weighted by Gasteiger charge is -2.38. The molecule has 0 saturated carbocycles. The zero-order valence-electron chi connectivity index (χ0n) is 21.8. The summed E-state index contributed by atoms with van der Waals surface area (Å²) < 4.78 is 0. The van der Waals surface area contributed by atoms with Crippen LogP contribution in [0, 0.1) is 0 Å². The van der Waals surface area contributed by atoms with E-state index in [0.717, 1.165) is 43.6 Å². The van der Waals surface area contributed by atoms with Gasteiger partial charge in [-0.2, -0.15) is 0 Å². The van der Waals surface area contributed by atoms with E-state index in [-0.39, 0.29) is 23.6 Å². The summed E-state index contributed by atoms with van der Waals surface area (Å²) in [4.78, 5) is 46.2. The van der Waals surface area contributed by atoms with Gasteiger partial charge in [0.15, 0.2) is 0 Å². The van der Waals surface area contributed by atoms with E-state index in [1.165, 1.54) is 11.3 Å². The number of carbonyl (C=O) groups excluding carboxylic acids is 3. The van der Waals surface area contributed by atoms with E-state index in [9.17, 15) is 14.4 Å². The van der Waals surface area contributed by atoms with Crippen molar-refractivity contribution < 1.29 is 14.4 Å². The fraction of sp³-hybridized carbons (Fsp3) is 0.367. The van der Waals surface area contributed by atoms with Gasteiger partial charge in [-0.15, -0.1) is 11.3 Å². The summed E-state index contributed by atoms with van der Waals surface area (Å²) in [7, 11) is 0. The molecule has 3 heterocycles. The summed E-state index contributed by atoms with van der Waals surface area (Å²) in [5.74, 6) is -0.152. The fourth-order valence-electron chi connectivity index (χ4n) is 5.38. The highest BCUT2D eigenvalue weighted by atomic mass is 32.1. The number of rotatable bonds is 7. The van der Waals surface area contributed by atoms with Crippen LogP contribution in [0.25, 0.3) is 0 Å². The molecule has 2 aliphatic heterocycles. The van der Waals surface area contributed by atoms with Crippen molar-refractivity contribution in [2.75, 3.05) is 49.5 Å². The molecule has 0 radical (unpaired) electrons. The lowest BCUT2D eigenvalue weighted by Crippen LogP contribution is -2.50. The third-order valence-electron chi connectivity index (χ3n) is 7.46. The van der Waals surface area contributed by atoms with Crippen molar-refractivity contribution >= 4 is 40.4 Å². The molecule has 2 aliphatic rings. The number of benzene rings is 2. The van der Waals surface area contributed by atoms with Crippen LogP contribution in [0.3, 0.4) is 0 Å². The second kappa shape index (κ2) is 11.8. The maximum Gasteiger partial charge on any atom is 0.265 e. The Morgan fingerprint density at radius 3 is 2.26 bits per heavy atom. The standard InChI is InChI=1S/C30H34N4O3S/c1-2-24(22-9-4-3-5-10-22)29(36)34-18-16-32(17-19-34)26-13-12-23(31-28(35)27-11-8-20-38-27)21-25(26)30(37)33-14-6-7-15-33/h3-5,8-13,20-21,24H,2,6-7,14-19H2,1H3,(H,31,35)/t24-/m1/s1. The molecule has 0 bridgehead atoms. The smallest absolute Gasteiger partial charge is 0.265 e. The summed E-state index contributed by atoms with van der Waals surface area (Å²) in [5, 5.41) is 4.81. The normalized spacial score (nSPS) is 16.4. The Labute approximate surface area is 228 Å². The number of nitrogens with one attached hydrogen (secondary N) is 1. The molecule has 38 heavy (non-hydrogen) atoms. The van der Waals surface area contributed by atoms with Gasteiger partial charge in [-0.3, -0.25) is 14.4 Å². The number of anilines is 2. The molecular formula is C30H34N4O3S. The summed E-state index contributed by atoms with van der Waals surface area (Å²) in [6.45, 7) is 6.08. The predicted molar refractivity (Wildman–Crippen MR) is 152 cm³/mol. The molecule has 2 saturated heterocycles. The Bertz CT molecular complexity index is 1260. The quantitative estimate of drug-likeness (QED) is 0.463. The van der Waals surface area contributed by atoms with Crippen LogP contribution in [0.15, 0.2) is 66.0 Å². The highest BCUT2D eigenvalue weighted by molar-refractivity contribution is 7.12. The first-order valence-electron chi connectivity index (χ1n) is 13.4. The van der Waals surface area contributed by atoms with Crippen LogP contribution in [-0.2, 0) is 4.79 Å². The van der Waals surface area contributed by atoms with Crippen molar-refractivity contribution in [2.24, 2.45) is 0 Å². The third-order valence-corrected chi connectivity index (χ3v) is 8.33. The minimum Gasteiger partial charge on any atom is -0.367 e. The van der Waals surface area contributed by atoms with E-state index in [1.54, 1.807) is 6.07 Å². The van der Waals surface area contributed by atoms with Crippen LogP contribution < -0.4 is 10.2 Å². The molecule has 1 N–H and O–H groups in total. The molecule has 0 unspecified atom stereocenters. The highest BCUT2D eigenvalue weighted by Gasteiger charge is 2.30. The largest absolute Gasteiger partial charge is 0.367 e. The molecule has 1 aromatic heterocycles. The number of nitrogens with zero attached hydrogens (tertiary/aromatic N) is 3. The summed E-state index contributed by atoms with van der Waals surface area (Å²) in [5.41, 5.74) is 3.13. The van der Waals surface area contributed by atoms with Crippen LogP contribution in [0.4, 0.5) is 11.4 Å². The summed E-state index contributed by atoms with van der Waals surface area (Å²) in [6, 6.07) is 19.2. The molecule has 5 rings (SSSR count). The van der Waals surface area contributed by atoms with E-state index in [2.05, 4.69) is 17.1 Å². The SMILES string of the molecule is CC[C@@H](C(=O)N1CCN(c2ccc(NC(=O)c3cccs3)cc2C(=O)N2CCCC2)CC1)c1ccccc1. The molecule has 2 fully saturated rings. The van der Waals surface area contributed by atoms with Gasteiger partial charge < -0.3 is 20.0 Å². The zero-order chi connectivity index (χ0) is 26.5. The van der Waals surface area contributed by atoms with Gasteiger partial charge in [-0.05, 0) is 54.5 Å². The van der Waals surface area contributed by atoms with Crippen molar-refractivity contribution in [3.8, 4) is 0 Å². The molecule has 0 spiro atoms.